The zero-order valence-electron chi connectivity index (χ0n) is 3.32. The second kappa shape index (κ2) is 8.95. The van der Waals surface area contributed by atoms with Gasteiger partial charge in [-0.1, -0.05) is 6.47 Å². The number of carbonyl (C=O) groups excluding carboxylic acids is 1. The summed E-state index contributed by atoms with van der Waals surface area (Å²) in [7, 11) is 1.26. The van der Waals surface area contributed by atoms with Crippen molar-refractivity contribution < 1.29 is 28.4 Å². The van der Waals surface area contributed by atoms with Crippen LogP contribution < -0.4 is 18.9 Å². The molecule has 0 aromatic carbocycles. The van der Waals surface area contributed by atoms with Gasteiger partial charge >= 0.3 is 18.9 Å². The number of ether oxygens (including phenoxy) is 1. The first-order valence-electron chi connectivity index (χ1n) is 0.816. The average molecular weight is 66.0 g/mol. The van der Waals surface area contributed by atoms with E-state index in [2.05, 4.69) is 4.74 Å². The molecule has 0 atom stereocenters. The first-order valence-corrected chi connectivity index (χ1v) is 0.816. The molecule has 0 aliphatic heterocycles. The molecule has 0 spiro atoms. The van der Waals surface area contributed by atoms with Crippen LogP contribution in [0.25, 0.3) is 0 Å². The third-order valence-electron chi connectivity index (χ3n) is 0.0833. The molecule has 0 aliphatic rings. The molecule has 0 aliphatic carbocycles. The Kier molecular flexibility index (Phi) is 16.0. The number of methoxy groups -OCH3 is 1. The fourth-order valence-electron chi connectivity index (χ4n) is 0. The summed E-state index contributed by atoms with van der Waals surface area (Å²) >= 11 is 0. The van der Waals surface area contributed by atoms with E-state index in [9.17, 15) is 0 Å². The van der Waals surface area contributed by atoms with E-state index in [0.717, 1.165) is 0 Å². The average Bonchev–Trinajstić information content (AvgIpc) is 1.37. The van der Waals surface area contributed by atoms with Crippen LogP contribution in [0.4, 0.5) is 0 Å². The van der Waals surface area contributed by atoms with Gasteiger partial charge in [0.05, 0.1) is 0 Å². The molecule has 2 nitrogen and oxygen atoms in total. The van der Waals surface area contributed by atoms with Crippen LogP contribution in [0.15, 0.2) is 0 Å². The van der Waals surface area contributed by atoms with Gasteiger partial charge < -0.3 is 9.53 Å². The summed E-state index contributed by atoms with van der Waals surface area (Å²) in [5.74, 6) is 0. The molecule has 5 heavy (non-hydrogen) atoms. The van der Waals surface area contributed by atoms with Crippen molar-refractivity contribution in [1.82, 2.24) is 0 Å². The predicted octanol–water partition coefficient (Wildman–Crippen LogP) is -3.30. The molecular weight excluding hydrogens is 63.0 g/mol. The molecule has 0 amide bonds. The largest absolute Gasteiger partial charge is 1.00 e. The van der Waals surface area contributed by atoms with Crippen LogP contribution in [0.2, 0.25) is 0 Å². The van der Waals surface area contributed by atoms with Gasteiger partial charge in [0.2, 0.25) is 0 Å². The molecule has 3 heteroatoms. The fourth-order valence-corrected chi connectivity index (χ4v) is 0. The van der Waals surface area contributed by atoms with Gasteiger partial charge in [0.15, 0.2) is 0 Å². The number of hydrogen-bond acceptors (Lipinski definition) is 2. The summed E-state index contributed by atoms with van der Waals surface area (Å²) in [5.41, 5.74) is 0. The zero-order valence-corrected chi connectivity index (χ0v) is 3.32. The van der Waals surface area contributed by atoms with Crippen molar-refractivity contribution in [2.24, 2.45) is 0 Å². The molecular formula is C2H3LiO2. The minimum atomic E-state index is 0. The Morgan fingerprint density at radius 3 is 2.00 bits per heavy atom. The van der Waals surface area contributed by atoms with Gasteiger partial charge in [-0.25, -0.2) is 0 Å². The van der Waals surface area contributed by atoms with E-state index in [0.29, 0.717) is 0 Å². The molecule has 0 bridgehead atoms. The Hall–Kier alpha value is 0.0674. The van der Waals surface area contributed by atoms with E-state index < -0.39 is 0 Å². The molecule has 0 saturated carbocycles. The Morgan fingerprint density at radius 1 is 1.80 bits per heavy atom. The summed E-state index contributed by atoms with van der Waals surface area (Å²) in [6.45, 7) is 1.18. The molecule has 0 unspecified atom stereocenters. The minimum Gasteiger partial charge on any atom is -0.655 e. The fraction of sp³-hybridized carbons (Fsp3) is 0.500. The van der Waals surface area contributed by atoms with E-state index in [1.54, 1.807) is 0 Å². The van der Waals surface area contributed by atoms with Gasteiger partial charge in [0, 0.05) is 7.11 Å². The van der Waals surface area contributed by atoms with Gasteiger partial charge in [-0.05, 0) is 0 Å². The van der Waals surface area contributed by atoms with Crippen molar-refractivity contribution in [3.63, 3.8) is 0 Å². The first-order chi connectivity index (χ1) is 1.91. The molecule has 0 saturated heterocycles. The molecule has 0 aromatic heterocycles. The van der Waals surface area contributed by atoms with Gasteiger partial charge in [-0.3, -0.25) is 0 Å². The van der Waals surface area contributed by atoms with Gasteiger partial charge in [-0.15, -0.1) is 0 Å². The predicted molar refractivity (Wildman–Crippen MR) is 12.7 cm³/mol. The smallest absolute Gasteiger partial charge is 0.655 e. The van der Waals surface area contributed by atoms with Crippen LogP contribution in [-0.4, -0.2) is 13.6 Å². The quantitative estimate of drug-likeness (QED) is 0.237. The van der Waals surface area contributed by atoms with E-state index in [1.807, 2.05) is 0 Å². The van der Waals surface area contributed by atoms with Crippen LogP contribution in [0, 0.1) is 0 Å². The monoisotopic (exact) mass is 66.0 g/mol. The summed E-state index contributed by atoms with van der Waals surface area (Å²) in [4.78, 5) is 8.83. The standard InChI is InChI=1S/C2H3O2.Li/c1-4-2-3;/h1H3;/q-1;+1. The maximum Gasteiger partial charge on any atom is 1.00 e. The van der Waals surface area contributed by atoms with Crippen LogP contribution in [0.1, 0.15) is 0 Å². The van der Waals surface area contributed by atoms with E-state index >= 15 is 0 Å². The Labute approximate surface area is 42.7 Å². The molecule has 0 fully saturated rings. The Bertz CT molecular complexity index is 21.6. The van der Waals surface area contributed by atoms with E-state index in [-0.39, 0.29) is 18.9 Å². The Morgan fingerprint density at radius 2 is 2.00 bits per heavy atom. The number of hydrogen-bond donors (Lipinski definition) is 0. The maximum atomic E-state index is 8.83. The summed E-state index contributed by atoms with van der Waals surface area (Å²) in [6.07, 6.45) is 0. The van der Waals surface area contributed by atoms with Gasteiger partial charge in [0.25, 0.3) is 0 Å². The second-order valence-electron chi connectivity index (χ2n) is 0.287. The van der Waals surface area contributed by atoms with E-state index in [4.69, 9.17) is 4.79 Å². The van der Waals surface area contributed by atoms with Crippen LogP contribution >= 0.6 is 0 Å². The summed E-state index contributed by atoms with van der Waals surface area (Å²) in [6, 6.07) is 0. The topological polar surface area (TPSA) is 26.3 Å². The van der Waals surface area contributed by atoms with Crippen molar-refractivity contribution in [1.29, 1.82) is 0 Å². The maximum absolute atomic E-state index is 8.83. The number of rotatable bonds is 1. The van der Waals surface area contributed by atoms with Crippen LogP contribution in [-0.2, 0) is 9.53 Å². The third kappa shape index (κ3) is 15.3. The van der Waals surface area contributed by atoms with Gasteiger partial charge in [0.1, 0.15) is 0 Å². The van der Waals surface area contributed by atoms with Crippen molar-refractivity contribution in [3.05, 3.63) is 0 Å². The van der Waals surface area contributed by atoms with Gasteiger partial charge in [-0.2, -0.15) is 0 Å². The van der Waals surface area contributed by atoms with E-state index in [1.165, 1.54) is 13.6 Å². The third-order valence-corrected chi connectivity index (χ3v) is 0.0833. The molecule has 0 aromatic rings. The summed E-state index contributed by atoms with van der Waals surface area (Å²) in [5, 5.41) is 0. The first kappa shape index (κ1) is 8.91. The van der Waals surface area contributed by atoms with Crippen molar-refractivity contribution >= 4 is 6.47 Å². The molecule has 0 radical (unpaired) electrons. The van der Waals surface area contributed by atoms with Crippen LogP contribution in [0.3, 0.4) is 0 Å². The molecule has 24 valence electrons. The molecule has 0 rings (SSSR count). The Balaban J connectivity index is 0. The zero-order chi connectivity index (χ0) is 3.41. The summed E-state index contributed by atoms with van der Waals surface area (Å²) < 4.78 is 3.74. The molecule has 0 N–H and O–H groups in total. The molecule has 0 heterocycles. The second-order valence-corrected chi connectivity index (χ2v) is 0.287. The normalized spacial score (nSPS) is 4.20. The SMILES string of the molecule is CO[C-]=O.[Li+]. The van der Waals surface area contributed by atoms with Crippen molar-refractivity contribution in [3.8, 4) is 0 Å². The minimum absolute atomic E-state index is 0. The van der Waals surface area contributed by atoms with Crippen molar-refractivity contribution in [2.45, 2.75) is 0 Å². The van der Waals surface area contributed by atoms with Crippen molar-refractivity contribution in [2.75, 3.05) is 7.11 Å². The van der Waals surface area contributed by atoms with Crippen LogP contribution in [0.5, 0.6) is 0 Å².